The van der Waals surface area contributed by atoms with Gasteiger partial charge in [-0.25, -0.2) is 14.8 Å². The molecular formula is C19H26N4O4. The summed E-state index contributed by atoms with van der Waals surface area (Å²) in [4.78, 5) is 19.1. The van der Waals surface area contributed by atoms with Crippen LogP contribution in [0.3, 0.4) is 0 Å². The molecule has 0 saturated heterocycles. The smallest absolute Gasteiger partial charge is 0.410 e. The molecule has 2 rings (SSSR count). The number of aromatic nitrogens is 2. The lowest BCUT2D eigenvalue weighted by molar-refractivity contribution is 0.194. The van der Waals surface area contributed by atoms with Crippen molar-refractivity contribution in [3.8, 4) is 22.8 Å². The van der Waals surface area contributed by atoms with Crippen LogP contribution >= 0.6 is 0 Å². The van der Waals surface area contributed by atoms with Crippen molar-refractivity contribution in [2.24, 2.45) is 11.7 Å². The van der Waals surface area contributed by atoms with Crippen molar-refractivity contribution >= 4 is 11.9 Å². The molecule has 8 heteroatoms. The first-order chi connectivity index (χ1) is 12.7. The predicted octanol–water partition coefficient (Wildman–Crippen LogP) is 3.38. The second-order valence-electron chi connectivity index (χ2n) is 7.13. The number of ether oxygens (including phenoxy) is 2. The lowest BCUT2D eigenvalue weighted by Crippen LogP contribution is -2.43. The van der Waals surface area contributed by atoms with Gasteiger partial charge in [0.25, 0.3) is 5.88 Å². The first-order valence-electron chi connectivity index (χ1n) is 8.62. The SMILES string of the molecule is COc1cc(-c2ccnc(NC(=O)O)c2)cnc1OCC(C)(N)CC(C)C. The number of methoxy groups -OCH3 is 1. The highest BCUT2D eigenvalue weighted by Crippen LogP contribution is 2.31. The molecule has 0 fully saturated rings. The Labute approximate surface area is 158 Å². The molecule has 0 aliphatic heterocycles. The molecule has 0 bridgehead atoms. The van der Waals surface area contributed by atoms with E-state index >= 15 is 0 Å². The quantitative estimate of drug-likeness (QED) is 0.648. The molecule has 8 nitrogen and oxygen atoms in total. The lowest BCUT2D eigenvalue weighted by Gasteiger charge is -2.26. The maximum absolute atomic E-state index is 10.8. The number of amides is 1. The topological polar surface area (TPSA) is 120 Å². The van der Waals surface area contributed by atoms with E-state index in [0.717, 1.165) is 17.5 Å². The third-order valence-corrected chi connectivity index (χ3v) is 3.78. The van der Waals surface area contributed by atoms with Crippen molar-refractivity contribution in [3.63, 3.8) is 0 Å². The number of hydrogen-bond acceptors (Lipinski definition) is 6. The Morgan fingerprint density at radius 1 is 1.33 bits per heavy atom. The fourth-order valence-corrected chi connectivity index (χ4v) is 2.86. The molecule has 1 amide bonds. The van der Waals surface area contributed by atoms with Gasteiger partial charge in [0.05, 0.1) is 7.11 Å². The number of nitrogens with one attached hydrogen (secondary N) is 1. The van der Waals surface area contributed by atoms with Crippen molar-refractivity contribution < 1.29 is 19.4 Å². The van der Waals surface area contributed by atoms with Gasteiger partial charge >= 0.3 is 6.09 Å². The minimum absolute atomic E-state index is 0.229. The fraction of sp³-hybridized carbons (Fsp3) is 0.421. The van der Waals surface area contributed by atoms with Crippen LogP contribution in [0.4, 0.5) is 10.6 Å². The first-order valence-corrected chi connectivity index (χ1v) is 8.62. The third-order valence-electron chi connectivity index (χ3n) is 3.78. The normalized spacial score (nSPS) is 13.1. The van der Waals surface area contributed by atoms with Gasteiger partial charge in [-0.1, -0.05) is 13.8 Å². The van der Waals surface area contributed by atoms with Gasteiger partial charge in [-0.05, 0) is 43.0 Å². The van der Waals surface area contributed by atoms with Crippen molar-refractivity contribution in [1.82, 2.24) is 9.97 Å². The van der Waals surface area contributed by atoms with E-state index in [2.05, 4.69) is 29.1 Å². The molecule has 0 radical (unpaired) electrons. The fourth-order valence-electron chi connectivity index (χ4n) is 2.86. The van der Waals surface area contributed by atoms with Gasteiger partial charge in [-0.2, -0.15) is 0 Å². The van der Waals surface area contributed by atoms with Crippen LogP contribution in [0.5, 0.6) is 11.6 Å². The number of nitrogens with two attached hydrogens (primary N) is 1. The average Bonchev–Trinajstić information content (AvgIpc) is 2.58. The number of carboxylic acid groups (broad SMARTS) is 1. The highest BCUT2D eigenvalue weighted by molar-refractivity contribution is 5.82. The molecule has 27 heavy (non-hydrogen) atoms. The van der Waals surface area contributed by atoms with Crippen molar-refractivity contribution in [1.29, 1.82) is 0 Å². The molecule has 2 aromatic rings. The Kier molecular flexibility index (Phi) is 6.57. The monoisotopic (exact) mass is 374 g/mol. The minimum Gasteiger partial charge on any atom is -0.491 e. The Morgan fingerprint density at radius 3 is 2.70 bits per heavy atom. The van der Waals surface area contributed by atoms with Crippen LogP contribution in [0.25, 0.3) is 11.1 Å². The van der Waals surface area contributed by atoms with Gasteiger partial charge in [0.15, 0.2) is 5.75 Å². The molecular weight excluding hydrogens is 348 g/mol. The van der Waals surface area contributed by atoms with Gasteiger partial charge in [-0.3, -0.25) is 5.32 Å². The Morgan fingerprint density at radius 2 is 2.07 bits per heavy atom. The van der Waals surface area contributed by atoms with E-state index in [1.807, 2.05) is 6.92 Å². The van der Waals surface area contributed by atoms with Crippen molar-refractivity contribution in [3.05, 3.63) is 30.6 Å². The van der Waals surface area contributed by atoms with Crippen LogP contribution in [0.2, 0.25) is 0 Å². The summed E-state index contributed by atoms with van der Waals surface area (Å²) >= 11 is 0. The van der Waals surface area contributed by atoms with E-state index in [9.17, 15) is 4.79 Å². The molecule has 0 aromatic carbocycles. The summed E-state index contributed by atoms with van der Waals surface area (Å²) < 4.78 is 11.2. The zero-order valence-electron chi connectivity index (χ0n) is 16.0. The van der Waals surface area contributed by atoms with Crippen molar-refractivity contribution in [2.45, 2.75) is 32.7 Å². The van der Waals surface area contributed by atoms with E-state index in [-0.39, 0.29) is 5.82 Å². The van der Waals surface area contributed by atoms with Gasteiger partial charge in [0, 0.05) is 23.5 Å². The number of carbonyl (C=O) groups is 1. The summed E-state index contributed by atoms with van der Waals surface area (Å²) in [6.07, 6.45) is 2.80. The van der Waals surface area contributed by atoms with E-state index in [0.29, 0.717) is 24.2 Å². The number of pyridine rings is 2. The Bertz CT molecular complexity index is 793. The zero-order valence-corrected chi connectivity index (χ0v) is 16.0. The summed E-state index contributed by atoms with van der Waals surface area (Å²) in [6, 6.07) is 5.15. The number of hydrogen-bond donors (Lipinski definition) is 3. The van der Waals surface area contributed by atoms with Crippen LogP contribution in [-0.4, -0.2) is 40.4 Å². The van der Waals surface area contributed by atoms with Crippen LogP contribution < -0.4 is 20.5 Å². The van der Waals surface area contributed by atoms with E-state index in [1.165, 1.54) is 13.3 Å². The largest absolute Gasteiger partial charge is 0.491 e. The summed E-state index contributed by atoms with van der Waals surface area (Å²) in [5, 5.41) is 11.0. The van der Waals surface area contributed by atoms with Crippen LogP contribution in [0.1, 0.15) is 27.2 Å². The minimum atomic E-state index is -1.18. The highest BCUT2D eigenvalue weighted by Gasteiger charge is 2.22. The summed E-state index contributed by atoms with van der Waals surface area (Å²) in [7, 11) is 1.54. The third kappa shape index (κ3) is 6.10. The van der Waals surface area contributed by atoms with Crippen LogP contribution in [0, 0.1) is 5.92 Å². The van der Waals surface area contributed by atoms with E-state index in [4.69, 9.17) is 20.3 Å². The summed E-state index contributed by atoms with van der Waals surface area (Å²) in [5.41, 5.74) is 7.30. The maximum Gasteiger partial charge on any atom is 0.410 e. The van der Waals surface area contributed by atoms with E-state index < -0.39 is 11.6 Å². The molecule has 146 valence electrons. The molecule has 0 aliphatic rings. The highest BCUT2D eigenvalue weighted by atomic mass is 16.5. The zero-order chi connectivity index (χ0) is 20.0. The lowest BCUT2D eigenvalue weighted by atomic mass is 9.93. The molecule has 1 unspecified atom stereocenters. The second kappa shape index (κ2) is 8.68. The average molecular weight is 374 g/mol. The Hall–Kier alpha value is -2.87. The standard InChI is InChI=1S/C19H26N4O4/c1-12(2)9-19(3,20)11-27-17-15(26-4)7-14(10-22-17)13-5-6-21-16(8-13)23-18(24)25/h5-8,10,12H,9,11,20H2,1-4H3,(H,21,23)(H,24,25). The maximum atomic E-state index is 10.8. The number of rotatable bonds is 8. The molecule has 0 spiro atoms. The molecule has 2 aromatic heterocycles. The molecule has 0 aliphatic carbocycles. The Balaban J connectivity index is 2.20. The second-order valence-corrected chi connectivity index (χ2v) is 7.13. The van der Waals surface area contributed by atoms with Gasteiger partial charge < -0.3 is 20.3 Å². The van der Waals surface area contributed by atoms with Crippen LogP contribution in [0.15, 0.2) is 30.6 Å². The predicted molar refractivity (Wildman–Crippen MR) is 103 cm³/mol. The molecule has 2 heterocycles. The first kappa shape index (κ1) is 20.4. The van der Waals surface area contributed by atoms with E-state index in [1.54, 1.807) is 24.4 Å². The van der Waals surface area contributed by atoms with Crippen LogP contribution in [-0.2, 0) is 0 Å². The molecule has 0 saturated carbocycles. The number of nitrogens with zero attached hydrogens (tertiary/aromatic N) is 2. The molecule has 4 N–H and O–H groups in total. The summed E-state index contributed by atoms with van der Waals surface area (Å²) in [6.45, 7) is 6.49. The molecule has 1 atom stereocenters. The van der Waals surface area contributed by atoms with Gasteiger partial charge in [-0.15, -0.1) is 0 Å². The van der Waals surface area contributed by atoms with Gasteiger partial charge in [0.2, 0.25) is 0 Å². The van der Waals surface area contributed by atoms with Gasteiger partial charge in [0.1, 0.15) is 12.4 Å². The van der Waals surface area contributed by atoms with Crippen molar-refractivity contribution in [2.75, 3.05) is 19.0 Å². The summed E-state index contributed by atoms with van der Waals surface area (Å²) in [5.74, 6) is 1.52. The number of anilines is 1.